The molecule has 4 heteroatoms. The Hall–Kier alpha value is -0.380. The highest BCUT2D eigenvalue weighted by Crippen LogP contribution is 2.19. The lowest BCUT2D eigenvalue weighted by atomic mass is 10.2. The molecule has 15 heavy (non-hydrogen) atoms. The Morgan fingerprint density at radius 2 is 1.93 bits per heavy atom. The SMILES string of the molecule is NCCCCCS(=O)c1ccccc1Cl. The lowest BCUT2D eigenvalue weighted by Gasteiger charge is -2.03. The van der Waals surface area contributed by atoms with Crippen LogP contribution in [0.15, 0.2) is 29.2 Å². The second-order valence-electron chi connectivity index (χ2n) is 3.33. The van der Waals surface area contributed by atoms with E-state index in [4.69, 9.17) is 17.3 Å². The van der Waals surface area contributed by atoms with Gasteiger partial charge in [-0.2, -0.15) is 0 Å². The zero-order valence-corrected chi connectivity index (χ0v) is 10.2. The first kappa shape index (κ1) is 12.7. The van der Waals surface area contributed by atoms with Crippen molar-refractivity contribution in [3.63, 3.8) is 0 Å². The van der Waals surface area contributed by atoms with Crippen molar-refractivity contribution in [3.8, 4) is 0 Å². The zero-order chi connectivity index (χ0) is 11.1. The Morgan fingerprint density at radius 3 is 2.60 bits per heavy atom. The van der Waals surface area contributed by atoms with E-state index in [1.165, 1.54) is 0 Å². The molecular weight excluding hydrogens is 230 g/mol. The van der Waals surface area contributed by atoms with E-state index < -0.39 is 10.8 Å². The van der Waals surface area contributed by atoms with Crippen LogP contribution in [0.25, 0.3) is 0 Å². The number of halogens is 1. The van der Waals surface area contributed by atoms with Crippen molar-refractivity contribution in [1.82, 2.24) is 0 Å². The fourth-order valence-corrected chi connectivity index (χ4v) is 2.89. The maximum absolute atomic E-state index is 11.8. The van der Waals surface area contributed by atoms with E-state index in [9.17, 15) is 4.21 Å². The van der Waals surface area contributed by atoms with E-state index in [2.05, 4.69) is 0 Å². The molecule has 0 aliphatic rings. The molecule has 0 fully saturated rings. The lowest BCUT2D eigenvalue weighted by molar-refractivity contribution is 0.673. The van der Waals surface area contributed by atoms with Gasteiger partial charge >= 0.3 is 0 Å². The van der Waals surface area contributed by atoms with Crippen molar-refractivity contribution in [3.05, 3.63) is 29.3 Å². The molecule has 0 amide bonds. The summed E-state index contributed by atoms with van der Waals surface area (Å²) in [7, 11) is -0.971. The first-order valence-corrected chi connectivity index (χ1v) is 6.78. The predicted molar refractivity (Wildman–Crippen MR) is 65.6 cm³/mol. The number of benzene rings is 1. The van der Waals surface area contributed by atoms with Crippen molar-refractivity contribution in [2.24, 2.45) is 5.73 Å². The zero-order valence-electron chi connectivity index (χ0n) is 8.62. The summed E-state index contributed by atoms with van der Waals surface area (Å²) in [5.74, 6) is 0.670. The molecule has 0 aromatic heterocycles. The molecule has 0 saturated heterocycles. The third kappa shape index (κ3) is 4.33. The minimum Gasteiger partial charge on any atom is -0.330 e. The number of nitrogens with two attached hydrogens (primary N) is 1. The van der Waals surface area contributed by atoms with Crippen LogP contribution in [0.2, 0.25) is 5.02 Å². The highest BCUT2D eigenvalue weighted by atomic mass is 35.5. The molecule has 0 aliphatic heterocycles. The molecule has 84 valence electrons. The van der Waals surface area contributed by atoms with E-state index >= 15 is 0 Å². The monoisotopic (exact) mass is 245 g/mol. The van der Waals surface area contributed by atoms with Crippen molar-refractivity contribution in [1.29, 1.82) is 0 Å². The molecule has 0 bridgehead atoms. The second-order valence-corrected chi connectivity index (χ2v) is 5.28. The maximum Gasteiger partial charge on any atom is 0.0574 e. The summed E-state index contributed by atoms with van der Waals surface area (Å²) >= 11 is 5.95. The first-order chi connectivity index (χ1) is 7.25. The van der Waals surface area contributed by atoms with Gasteiger partial charge in [-0.25, -0.2) is 0 Å². The summed E-state index contributed by atoms with van der Waals surface area (Å²) in [5, 5.41) is 0.592. The molecule has 1 aromatic rings. The molecule has 0 heterocycles. The van der Waals surface area contributed by atoms with Gasteiger partial charge in [-0.3, -0.25) is 4.21 Å². The summed E-state index contributed by atoms with van der Waals surface area (Å²) in [6.07, 6.45) is 2.97. The standard InChI is InChI=1S/C11H16ClNOS/c12-10-6-2-3-7-11(10)15(14)9-5-1-4-8-13/h2-3,6-7H,1,4-5,8-9,13H2. The quantitative estimate of drug-likeness (QED) is 0.783. The average molecular weight is 246 g/mol. The van der Waals surface area contributed by atoms with Crippen molar-refractivity contribution >= 4 is 22.4 Å². The molecule has 0 saturated carbocycles. The second kappa shape index (κ2) is 6.99. The van der Waals surface area contributed by atoms with E-state index in [1.807, 2.05) is 18.2 Å². The molecule has 0 aliphatic carbocycles. The van der Waals surface area contributed by atoms with Crippen LogP contribution in [0.3, 0.4) is 0 Å². The fraction of sp³-hybridized carbons (Fsp3) is 0.455. The van der Waals surface area contributed by atoms with Gasteiger partial charge in [-0.15, -0.1) is 0 Å². The van der Waals surface area contributed by atoms with E-state index in [0.717, 1.165) is 24.2 Å². The van der Waals surface area contributed by atoms with Crippen LogP contribution in [-0.2, 0) is 10.8 Å². The van der Waals surface area contributed by atoms with E-state index in [1.54, 1.807) is 6.07 Å². The van der Waals surface area contributed by atoms with Gasteiger partial charge in [-0.1, -0.05) is 30.2 Å². The Kier molecular flexibility index (Phi) is 5.91. The normalized spacial score (nSPS) is 12.7. The lowest BCUT2D eigenvalue weighted by Crippen LogP contribution is -2.02. The molecule has 2 N–H and O–H groups in total. The van der Waals surface area contributed by atoms with Crippen molar-refractivity contribution < 1.29 is 4.21 Å². The molecule has 0 radical (unpaired) electrons. The minimum absolute atomic E-state index is 0.592. The third-order valence-electron chi connectivity index (χ3n) is 2.12. The van der Waals surface area contributed by atoms with Crippen molar-refractivity contribution in [2.45, 2.75) is 24.2 Å². The molecule has 0 spiro atoms. The minimum atomic E-state index is -0.971. The van der Waals surface area contributed by atoms with Crippen LogP contribution in [-0.4, -0.2) is 16.5 Å². The highest BCUT2D eigenvalue weighted by molar-refractivity contribution is 7.85. The topological polar surface area (TPSA) is 43.1 Å². The van der Waals surface area contributed by atoms with Gasteiger partial charge in [0.2, 0.25) is 0 Å². The summed E-state index contributed by atoms with van der Waals surface area (Å²) in [6, 6.07) is 7.30. The van der Waals surface area contributed by atoms with Gasteiger partial charge in [0, 0.05) is 5.75 Å². The van der Waals surface area contributed by atoms with Gasteiger partial charge in [0.05, 0.1) is 20.7 Å². The number of rotatable bonds is 6. The van der Waals surface area contributed by atoms with Gasteiger partial charge in [0.15, 0.2) is 0 Å². The summed E-state index contributed by atoms with van der Waals surface area (Å²) < 4.78 is 11.8. The molecule has 1 aromatic carbocycles. The number of hydrogen-bond donors (Lipinski definition) is 1. The third-order valence-corrected chi connectivity index (χ3v) is 4.06. The summed E-state index contributed by atoms with van der Waals surface area (Å²) in [5.41, 5.74) is 5.38. The number of hydrogen-bond acceptors (Lipinski definition) is 2. The Balaban J connectivity index is 2.44. The fourth-order valence-electron chi connectivity index (χ4n) is 1.29. The summed E-state index contributed by atoms with van der Waals surface area (Å²) in [6.45, 7) is 0.707. The molecule has 1 rings (SSSR count). The first-order valence-electron chi connectivity index (χ1n) is 5.08. The van der Waals surface area contributed by atoms with Crippen LogP contribution < -0.4 is 5.73 Å². The van der Waals surface area contributed by atoms with Crippen LogP contribution in [0.1, 0.15) is 19.3 Å². The molecule has 2 nitrogen and oxygen atoms in total. The van der Waals surface area contributed by atoms with Gasteiger partial charge < -0.3 is 5.73 Å². The molecule has 1 unspecified atom stereocenters. The maximum atomic E-state index is 11.8. The van der Waals surface area contributed by atoms with Crippen LogP contribution in [0.5, 0.6) is 0 Å². The van der Waals surface area contributed by atoms with Crippen LogP contribution in [0, 0.1) is 0 Å². The Labute approximate surface area is 98.3 Å². The van der Waals surface area contributed by atoms with E-state index in [0.29, 0.717) is 17.3 Å². The number of unbranched alkanes of at least 4 members (excludes halogenated alkanes) is 2. The molecular formula is C11H16ClNOS. The highest BCUT2D eigenvalue weighted by Gasteiger charge is 2.06. The Morgan fingerprint density at radius 1 is 1.20 bits per heavy atom. The van der Waals surface area contributed by atoms with Crippen LogP contribution in [0.4, 0.5) is 0 Å². The van der Waals surface area contributed by atoms with E-state index in [-0.39, 0.29) is 0 Å². The summed E-state index contributed by atoms with van der Waals surface area (Å²) in [4.78, 5) is 0.743. The smallest absolute Gasteiger partial charge is 0.0574 e. The van der Waals surface area contributed by atoms with Gasteiger partial charge in [0.1, 0.15) is 0 Å². The van der Waals surface area contributed by atoms with Gasteiger partial charge in [-0.05, 0) is 31.5 Å². The average Bonchev–Trinajstić information content (AvgIpc) is 2.25. The largest absolute Gasteiger partial charge is 0.330 e. The Bertz CT molecular complexity index is 330. The van der Waals surface area contributed by atoms with Crippen LogP contribution >= 0.6 is 11.6 Å². The van der Waals surface area contributed by atoms with Gasteiger partial charge in [0.25, 0.3) is 0 Å². The molecule has 1 atom stereocenters. The predicted octanol–water partition coefficient (Wildman–Crippen LogP) is 2.58. The van der Waals surface area contributed by atoms with Crippen molar-refractivity contribution in [2.75, 3.05) is 12.3 Å².